The summed E-state index contributed by atoms with van der Waals surface area (Å²) < 4.78 is 37.6. The molecule has 6 rings (SSSR count). The van der Waals surface area contributed by atoms with E-state index in [0.717, 1.165) is 31.6 Å². The van der Waals surface area contributed by atoms with Crippen LogP contribution in [0, 0.1) is 5.82 Å². The van der Waals surface area contributed by atoms with Crippen molar-refractivity contribution in [3.63, 3.8) is 0 Å². The maximum Gasteiger partial charge on any atom is 0.407 e. The Kier molecular flexibility index (Phi) is 6.35. The fraction of sp³-hybridized carbons (Fsp3) is 0.462. The van der Waals surface area contributed by atoms with Crippen molar-refractivity contribution in [1.82, 2.24) is 15.3 Å². The highest BCUT2D eigenvalue weighted by Gasteiger charge is 2.48. The number of rotatable bonds is 5. The van der Waals surface area contributed by atoms with Gasteiger partial charge in [0.1, 0.15) is 30.1 Å². The van der Waals surface area contributed by atoms with Gasteiger partial charge in [-0.2, -0.15) is 0 Å². The van der Waals surface area contributed by atoms with Gasteiger partial charge in [0.05, 0.1) is 24.2 Å². The van der Waals surface area contributed by atoms with Crippen LogP contribution in [0.25, 0.3) is 22.3 Å². The van der Waals surface area contributed by atoms with Crippen molar-refractivity contribution in [2.45, 2.75) is 43.4 Å². The first-order valence-corrected chi connectivity index (χ1v) is 12.5. The highest BCUT2D eigenvalue weighted by Crippen LogP contribution is 2.32. The van der Waals surface area contributed by atoms with Crippen molar-refractivity contribution in [2.75, 3.05) is 38.3 Å². The van der Waals surface area contributed by atoms with Crippen LogP contribution in [0.3, 0.4) is 0 Å². The fourth-order valence-corrected chi connectivity index (χ4v) is 5.25. The van der Waals surface area contributed by atoms with Crippen molar-refractivity contribution >= 4 is 22.8 Å². The number of fused-ring (bicyclic) bond motifs is 2. The molecule has 3 aliphatic heterocycles. The number of aromatic amines is 1. The van der Waals surface area contributed by atoms with Crippen LogP contribution >= 0.6 is 0 Å². The molecule has 3 aromatic rings. The molecule has 0 spiro atoms. The number of benzene rings is 1. The summed E-state index contributed by atoms with van der Waals surface area (Å²) in [6, 6.07) is 10.8. The highest BCUT2D eigenvalue weighted by molar-refractivity contribution is 5.81. The van der Waals surface area contributed by atoms with Crippen LogP contribution in [0.15, 0.2) is 36.4 Å². The minimum absolute atomic E-state index is 0.0874. The molecule has 0 radical (unpaired) electrons. The van der Waals surface area contributed by atoms with Gasteiger partial charge < -0.3 is 39.3 Å². The summed E-state index contributed by atoms with van der Waals surface area (Å²) >= 11 is 0. The van der Waals surface area contributed by atoms with Crippen molar-refractivity contribution in [1.29, 1.82) is 0 Å². The molecule has 196 valence electrons. The summed E-state index contributed by atoms with van der Waals surface area (Å²) in [5.74, 6) is 0.00441. The zero-order chi connectivity index (χ0) is 25.5. The molecule has 1 unspecified atom stereocenters. The number of nitrogens with one attached hydrogen (secondary N) is 2. The second-order valence-electron chi connectivity index (χ2n) is 9.59. The normalized spacial score (nSPS) is 25.9. The van der Waals surface area contributed by atoms with E-state index < -0.39 is 18.0 Å². The smallest absolute Gasteiger partial charge is 0.407 e. The monoisotopic (exact) mass is 512 g/mol. The SMILES string of the molecule is CNC(=O)OC1CCN(c2ccc(-c3nc4cc(O[C@@H]5COC6[C@H](O)CO[C@@H]65)[nH]c4cc3F)cc2)CC1. The number of hydrogen-bond donors (Lipinski definition) is 3. The molecule has 3 N–H and O–H groups in total. The molecule has 5 heterocycles. The van der Waals surface area contributed by atoms with Crippen molar-refractivity contribution in [3.05, 3.63) is 42.2 Å². The van der Waals surface area contributed by atoms with Crippen LogP contribution in [0.5, 0.6) is 5.88 Å². The average Bonchev–Trinajstić information content (AvgIpc) is 3.60. The predicted molar refractivity (Wildman–Crippen MR) is 132 cm³/mol. The first kappa shape index (κ1) is 24.0. The molecule has 1 aromatic carbocycles. The van der Waals surface area contributed by atoms with Gasteiger partial charge in [-0.25, -0.2) is 14.2 Å². The number of halogens is 1. The van der Waals surface area contributed by atoms with Gasteiger partial charge >= 0.3 is 6.09 Å². The second kappa shape index (κ2) is 9.81. The summed E-state index contributed by atoms with van der Waals surface area (Å²) in [5, 5.41) is 12.4. The van der Waals surface area contributed by atoms with Gasteiger partial charge in [-0.1, -0.05) is 12.1 Å². The largest absolute Gasteiger partial charge is 0.470 e. The molecule has 2 aromatic heterocycles. The zero-order valence-electron chi connectivity index (χ0n) is 20.4. The number of pyridine rings is 1. The molecule has 3 fully saturated rings. The Morgan fingerprint density at radius 2 is 1.92 bits per heavy atom. The molecule has 0 aliphatic carbocycles. The lowest BCUT2D eigenvalue weighted by Gasteiger charge is -2.33. The molecule has 1 amide bonds. The lowest BCUT2D eigenvalue weighted by atomic mass is 10.1. The van der Waals surface area contributed by atoms with Gasteiger partial charge in [0.25, 0.3) is 0 Å². The Morgan fingerprint density at radius 3 is 2.68 bits per heavy atom. The topological polar surface area (TPSA) is 118 Å². The van der Waals surface area contributed by atoms with E-state index in [0.29, 0.717) is 29.1 Å². The van der Waals surface area contributed by atoms with E-state index in [1.807, 2.05) is 24.3 Å². The third kappa shape index (κ3) is 4.70. The zero-order valence-corrected chi connectivity index (χ0v) is 20.4. The number of aromatic nitrogens is 2. The summed E-state index contributed by atoms with van der Waals surface area (Å²) in [4.78, 5) is 21.3. The third-order valence-corrected chi connectivity index (χ3v) is 7.22. The fourth-order valence-electron chi connectivity index (χ4n) is 5.25. The first-order chi connectivity index (χ1) is 18.0. The van der Waals surface area contributed by atoms with E-state index in [1.165, 1.54) is 6.07 Å². The number of aliphatic hydroxyl groups excluding tert-OH is 1. The van der Waals surface area contributed by atoms with E-state index in [2.05, 4.69) is 20.2 Å². The molecule has 0 bridgehead atoms. The molecule has 37 heavy (non-hydrogen) atoms. The van der Waals surface area contributed by atoms with Crippen LogP contribution in [-0.2, 0) is 14.2 Å². The maximum absolute atomic E-state index is 15.0. The van der Waals surface area contributed by atoms with Crippen LogP contribution < -0.4 is 15.0 Å². The number of ether oxygens (including phenoxy) is 4. The molecule has 3 aliphatic rings. The van der Waals surface area contributed by atoms with Crippen LogP contribution in [0.4, 0.5) is 14.9 Å². The number of aliphatic hydroxyl groups is 1. The number of carbonyl (C=O) groups is 1. The number of anilines is 1. The Bertz CT molecular complexity index is 1280. The highest BCUT2D eigenvalue weighted by atomic mass is 19.1. The number of H-pyrrole nitrogens is 1. The molecule has 3 saturated heterocycles. The molecule has 11 heteroatoms. The van der Waals surface area contributed by atoms with Gasteiger partial charge in [-0.15, -0.1) is 0 Å². The third-order valence-electron chi connectivity index (χ3n) is 7.22. The van der Waals surface area contributed by atoms with Gasteiger partial charge in [-0.05, 0) is 12.1 Å². The maximum atomic E-state index is 15.0. The lowest BCUT2D eigenvalue weighted by molar-refractivity contribution is 0.00794. The van der Waals surface area contributed by atoms with Crippen molar-refractivity contribution in [3.8, 4) is 17.1 Å². The van der Waals surface area contributed by atoms with Gasteiger partial charge in [0.15, 0.2) is 17.8 Å². The molecule has 0 saturated carbocycles. The first-order valence-electron chi connectivity index (χ1n) is 12.5. The summed E-state index contributed by atoms with van der Waals surface area (Å²) in [6.45, 7) is 2.06. The Labute approximate surface area is 212 Å². The van der Waals surface area contributed by atoms with Gasteiger partial charge in [-0.3, -0.25) is 0 Å². The minimum atomic E-state index is -0.652. The number of carbonyl (C=O) groups excluding carboxylic acids is 1. The minimum Gasteiger partial charge on any atom is -0.470 e. The Morgan fingerprint density at radius 1 is 1.16 bits per heavy atom. The number of alkyl carbamates (subject to hydrolysis) is 1. The van der Waals surface area contributed by atoms with E-state index >= 15 is 4.39 Å². The number of piperidine rings is 1. The van der Waals surface area contributed by atoms with Gasteiger partial charge in [0.2, 0.25) is 0 Å². The number of amides is 1. The van der Waals surface area contributed by atoms with E-state index in [4.69, 9.17) is 18.9 Å². The summed E-state index contributed by atoms with van der Waals surface area (Å²) in [7, 11) is 1.55. The summed E-state index contributed by atoms with van der Waals surface area (Å²) in [6.07, 6.45) is -0.735. The summed E-state index contributed by atoms with van der Waals surface area (Å²) in [5.41, 5.74) is 3.06. The molecular weight excluding hydrogens is 483 g/mol. The van der Waals surface area contributed by atoms with E-state index in [-0.39, 0.29) is 36.7 Å². The van der Waals surface area contributed by atoms with Crippen LogP contribution in [0.2, 0.25) is 0 Å². The quantitative estimate of drug-likeness (QED) is 0.478. The molecule has 10 nitrogen and oxygen atoms in total. The number of hydrogen-bond acceptors (Lipinski definition) is 8. The van der Waals surface area contributed by atoms with E-state index in [1.54, 1.807) is 13.1 Å². The standard InChI is InChI=1S/C26H29FN4O6/c1-28-26(33)36-16-6-8-31(9-7-16)15-4-2-14(3-5-15)23-17(27)10-18-19(30-23)11-22(29-18)37-21-13-35-24-20(32)12-34-25(21)24/h2-5,10-11,16,20-21,24-25,29,32H,6-9,12-13H2,1H3,(H,28,33)/t20-,21-,24?,25-/m1/s1. The van der Waals surface area contributed by atoms with Crippen molar-refractivity contribution in [2.24, 2.45) is 0 Å². The second-order valence-corrected chi connectivity index (χ2v) is 9.59. The van der Waals surface area contributed by atoms with Crippen LogP contribution in [0.1, 0.15) is 12.8 Å². The number of nitrogens with zero attached hydrogens (tertiary/aromatic N) is 2. The van der Waals surface area contributed by atoms with Crippen molar-refractivity contribution < 1.29 is 33.2 Å². The van der Waals surface area contributed by atoms with E-state index in [9.17, 15) is 9.90 Å². The lowest BCUT2D eigenvalue weighted by Crippen LogP contribution is -2.39. The van der Waals surface area contributed by atoms with Gasteiger partial charge in [0, 0.05) is 56.4 Å². The Balaban J connectivity index is 1.14. The van der Waals surface area contributed by atoms with Crippen LogP contribution in [-0.4, -0.2) is 85.0 Å². The predicted octanol–water partition coefficient (Wildman–Crippen LogP) is 2.60. The molecular formula is C26H29FN4O6. The Hall–Kier alpha value is -3.41. The molecule has 4 atom stereocenters. The average molecular weight is 513 g/mol.